The van der Waals surface area contributed by atoms with Crippen LogP contribution in [0.1, 0.15) is 21.6 Å². The van der Waals surface area contributed by atoms with Crippen molar-refractivity contribution >= 4 is 23.6 Å². The summed E-state index contributed by atoms with van der Waals surface area (Å²) in [7, 11) is 1.77. The number of carboxylic acid groups (broad SMARTS) is 1. The number of aromatic nitrogens is 2. The van der Waals surface area contributed by atoms with E-state index in [-0.39, 0.29) is 5.91 Å². The zero-order valence-corrected chi connectivity index (χ0v) is 11.7. The Hall–Kier alpha value is -2.89. The van der Waals surface area contributed by atoms with Crippen molar-refractivity contribution in [3.63, 3.8) is 0 Å². The number of hydrogen-bond donors (Lipinski definition) is 2. The maximum absolute atomic E-state index is 12.1. The lowest BCUT2D eigenvalue weighted by Crippen LogP contribution is -2.12. The van der Waals surface area contributed by atoms with Gasteiger partial charge in [-0.3, -0.25) is 9.48 Å². The number of nitrogens with zero attached hydrogens (tertiary/aromatic N) is 2. The van der Waals surface area contributed by atoms with Gasteiger partial charge in [0.1, 0.15) is 0 Å². The fourth-order valence-electron chi connectivity index (χ4n) is 1.77. The molecule has 0 aliphatic carbocycles. The summed E-state index contributed by atoms with van der Waals surface area (Å²) in [5.41, 5.74) is 2.68. The van der Waals surface area contributed by atoms with E-state index >= 15 is 0 Å². The number of rotatable bonds is 4. The number of aliphatic carboxylic acids is 1. The Labute approximate surface area is 121 Å². The highest BCUT2D eigenvalue weighted by atomic mass is 16.4. The van der Waals surface area contributed by atoms with Gasteiger partial charge in [0.25, 0.3) is 5.91 Å². The van der Waals surface area contributed by atoms with E-state index in [4.69, 9.17) is 5.11 Å². The molecule has 0 aliphatic rings. The minimum Gasteiger partial charge on any atom is -0.478 e. The summed E-state index contributed by atoms with van der Waals surface area (Å²) in [6.45, 7) is 1.82. The average molecular weight is 285 g/mol. The van der Waals surface area contributed by atoms with E-state index in [9.17, 15) is 9.59 Å². The number of carbonyl (C=O) groups excluding carboxylic acids is 1. The Balaban J connectivity index is 2.08. The van der Waals surface area contributed by atoms with Crippen molar-refractivity contribution in [3.8, 4) is 0 Å². The molecule has 2 rings (SSSR count). The summed E-state index contributed by atoms with van der Waals surface area (Å²) in [6.07, 6.45) is 4.07. The number of hydrogen-bond acceptors (Lipinski definition) is 3. The molecule has 0 fully saturated rings. The van der Waals surface area contributed by atoms with E-state index < -0.39 is 5.97 Å². The highest BCUT2D eigenvalue weighted by molar-refractivity contribution is 6.04. The normalized spacial score (nSPS) is 10.8. The van der Waals surface area contributed by atoms with Crippen molar-refractivity contribution in [1.82, 2.24) is 9.78 Å². The molecule has 21 heavy (non-hydrogen) atoms. The number of nitrogens with one attached hydrogen (secondary N) is 1. The monoisotopic (exact) mass is 285 g/mol. The van der Waals surface area contributed by atoms with Crippen LogP contribution in [0.5, 0.6) is 0 Å². The highest BCUT2D eigenvalue weighted by Crippen LogP contribution is 2.13. The zero-order valence-electron chi connectivity index (χ0n) is 11.7. The average Bonchev–Trinajstić information content (AvgIpc) is 2.78. The molecule has 6 heteroatoms. The van der Waals surface area contributed by atoms with Crippen LogP contribution in [-0.4, -0.2) is 26.8 Å². The molecular formula is C15H15N3O3. The van der Waals surface area contributed by atoms with Gasteiger partial charge in [0.2, 0.25) is 0 Å². The van der Waals surface area contributed by atoms with Crippen LogP contribution in [0.25, 0.3) is 6.08 Å². The van der Waals surface area contributed by atoms with Crippen molar-refractivity contribution in [3.05, 3.63) is 53.4 Å². The molecule has 0 radical (unpaired) electrons. The molecule has 2 aromatic rings. The van der Waals surface area contributed by atoms with Gasteiger partial charge in [-0.2, -0.15) is 5.10 Å². The topological polar surface area (TPSA) is 84.2 Å². The molecule has 0 unspecified atom stereocenters. The molecule has 108 valence electrons. The van der Waals surface area contributed by atoms with E-state index in [1.807, 2.05) is 6.92 Å². The first-order valence-corrected chi connectivity index (χ1v) is 6.28. The molecule has 6 nitrogen and oxygen atoms in total. The van der Waals surface area contributed by atoms with Crippen molar-refractivity contribution in [2.24, 2.45) is 7.05 Å². The quantitative estimate of drug-likeness (QED) is 0.842. The van der Waals surface area contributed by atoms with Crippen LogP contribution in [-0.2, 0) is 11.8 Å². The maximum Gasteiger partial charge on any atom is 0.328 e. The Morgan fingerprint density at radius 1 is 1.29 bits per heavy atom. The van der Waals surface area contributed by atoms with E-state index in [2.05, 4.69) is 10.4 Å². The number of carbonyl (C=O) groups is 2. The predicted octanol–water partition coefficient (Wildman–Crippen LogP) is 2.08. The standard InChI is InChI=1S/C15H15N3O3/c1-10-13(9-16-18(10)2)15(21)17-12-6-3-11(4-7-12)5-8-14(19)20/h3-9H,1-2H3,(H,17,21)(H,19,20)/b8-5+. The summed E-state index contributed by atoms with van der Waals surface area (Å²) >= 11 is 0. The third-order valence-corrected chi connectivity index (χ3v) is 3.07. The molecule has 1 heterocycles. The van der Waals surface area contributed by atoms with Crippen LogP contribution in [0.15, 0.2) is 36.5 Å². The van der Waals surface area contributed by atoms with Gasteiger partial charge in [0.05, 0.1) is 11.8 Å². The van der Waals surface area contributed by atoms with Crippen molar-refractivity contribution in [2.45, 2.75) is 6.92 Å². The third kappa shape index (κ3) is 3.56. The SMILES string of the molecule is Cc1c(C(=O)Nc2ccc(/C=C/C(=O)O)cc2)cnn1C. The predicted molar refractivity (Wildman–Crippen MR) is 79.0 cm³/mol. The van der Waals surface area contributed by atoms with Crippen molar-refractivity contribution < 1.29 is 14.7 Å². The number of carboxylic acids is 1. The van der Waals surface area contributed by atoms with Gasteiger partial charge in [0, 0.05) is 24.5 Å². The molecule has 0 bridgehead atoms. The van der Waals surface area contributed by atoms with Crippen molar-refractivity contribution in [2.75, 3.05) is 5.32 Å². The Morgan fingerprint density at radius 3 is 2.48 bits per heavy atom. The van der Waals surface area contributed by atoms with Crippen LogP contribution >= 0.6 is 0 Å². The lowest BCUT2D eigenvalue weighted by molar-refractivity contribution is -0.131. The van der Waals surface area contributed by atoms with Crippen LogP contribution in [0.2, 0.25) is 0 Å². The Morgan fingerprint density at radius 2 is 1.95 bits per heavy atom. The molecule has 0 saturated carbocycles. The number of amides is 1. The lowest BCUT2D eigenvalue weighted by atomic mass is 10.2. The summed E-state index contributed by atoms with van der Waals surface area (Å²) in [5, 5.41) is 15.3. The first-order chi connectivity index (χ1) is 9.97. The molecule has 0 atom stereocenters. The van der Waals surface area contributed by atoms with Crippen LogP contribution in [0.3, 0.4) is 0 Å². The molecule has 1 aromatic heterocycles. The fourth-order valence-corrected chi connectivity index (χ4v) is 1.77. The van der Waals surface area contributed by atoms with Gasteiger partial charge in [-0.15, -0.1) is 0 Å². The lowest BCUT2D eigenvalue weighted by Gasteiger charge is -2.05. The Bertz CT molecular complexity index is 699. The largest absolute Gasteiger partial charge is 0.478 e. The molecule has 2 N–H and O–H groups in total. The van der Waals surface area contributed by atoms with Gasteiger partial charge in [-0.1, -0.05) is 12.1 Å². The first kappa shape index (κ1) is 14.5. The highest BCUT2D eigenvalue weighted by Gasteiger charge is 2.12. The first-order valence-electron chi connectivity index (χ1n) is 6.28. The maximum atomic E-state index is 12.1. The molecule has 0 saturated heterocycles. The van der Waals surface area contributed by atoms with Crippen LogP contribution in [0.4, 0.5) is 5.69 Å². The Kier molecular flexibility index (Phi) is 4.18. The van der Waals surface area contributed by atoms with E-state index in [0.29, 0.717) is 11.3 Å². The summed E-state index contributed by atoms with van der Waals surface area (Å²) in [6, 6.07) is 6.88. The second-order valence-corrected chi connectivity index (χ2v) is 4.51. The summed E-state index contributed by atoms with van der Waals surface area (Å²) in [5.74, 6) is -1.23. The number of anilines is 1. The number of aryl methyl sites for hydroxylation is 1. The molecule has 0 aliphatic heterocycles. The fraction of sp³-hybridized carbons (Fsp3) is 0.133. The van der Waals surface area contributed by atoms with E-state index in [1.54, 1.807) is 36.0 Å². The van der Waals surface area contributed by atoms with E-state index in [1.165, 1.54) is 12.3 Å². The summed E-state index contributed by atoms with van der Waals surface area (Å²) in [4.78, 5) is 22.5. The smallest absolute Gasteiger partial charge is 0.328 e. The molecular weight excluding hydrogens is 270 g/mol. The van der Waals surface area contributed by atoms with Gasteiger partial charge < -0.3 is 10.4 Å². The second kappa shape index (κ2) is 6.04. The third-order valence-electron chi connectivity index (χ3n) is 3.07. The number of benzene rings is 1. The zero-order chi connectivity index (χ0) is 15.4. The van der Waals surface area contributed by atoms with Crippen LogP contribution in [0, 0.1) is 6.92 Å². The van der Waals surface area contributed by atoms with Gasteiger partial charge in [-0.25, -0.2) is 4.79 Å². The summed E-state index contributed by atoms with van der Waals surface area (Å²) < 4.78 is 1.63. The van der Waals surface area contributed by atoms with Gasteiger partial charge in [0.15, 0.2) is 0 Å². The van der Waals surface area contributed by atoms with Crippen molar-refractivity contribution in [1.29, 1.82) is 0 Å². The minimum absolute atomic E-state index is 0.227. The van der Waals surface area contributed by atoms with E-state index in [0.717, 1.165) is 17.3 Å². The second-order valence-electron chi connectivity index (χ2n) is 4.51. The van der Waals surface area contributed by atoms with Gasteiger partial charge >= 0.3 is 5.97 Å². The molecule has 0 spiro atoms. The van der Waals surface area contributed by atoms with Crippen LogP contribution < -0.4 is 5.32 Å². The molecule has 1 aromatic carbocycles. The van der Waals surface area contributed by atoms with Gasteiger partial charge in [-0.05, 0) is 30.7 Å². The minimum atomic E-state index is -1.00. The molecule has 1 amide bonds.